The van der Waals surface area contributed by atoms with Crippen molar-refractivity contribution in [2.24, 2.45) is 17.2 Å². The van der Waals surface area contributed by atoms with Gasteiger partial charge in [-0.2, -0.15) is 0 Å². The van der Waals surface area contributed by atoms with Crippen molar-refractivity contribution in [3.63, 3.8) is 0 Å². The highest BCUT2D eigenvalue weighted by atomic mass is 16.5. The zero-order valence-electron chi connectivity index (χ0n) is 13.2. The van der Waals surface area contributed by atoms with E-state index in [1.807, 2.05) is 0 Å². The van der Waals surface area contributed by atoms with Gasteiger partial charge in [-0.25, -0.2) is 0 Å². The van der Waals surface area contributed by atoms with Crippen LogP contribution in [0.15, 0.2) is 24.3 Å². The summed E-state index contributed by atoms with van der Waals surface area (Å²) >= 11 is 0. The van der Waals surface area contributed by atoms with E-state index in [1.165, 1.54) is 6.92 Å². The maximum absolute atomic E-state index is 11.9. The second-order valence-electron chi connectivity index (χ2n) is 5.14. The Morgan fingerprint density at radius 1 is 1.17 bits per heavy atom. The van der Waals surface area contributed by atoms with Gasteiger partial charge in [-0.1, -0.05) is 12.1 Å². The van der Waals surface area contributed by atoms with Crippen LogP contribution < -0.4 is 21.9 Å². The molecule has 0 aliphatic rings. The molecule has 9 heteroatoms. The van der Waals surface area contributed by atoms with Crippen LogP contribution in [0.4, 0.5) is 0 Å². The van der Waals surface area contributed by atoms with E-state index < -0.39 is 36.1 Å². The highest BCUT2D eigenvalue weighted by Crippen LogP contribution is 2.14. The number of hydrogen-bond donors (Lipinski definition) is 4. The second kappa shape index (κ2) is 8.96. The number of rotatable bonds is 8. The summed E-state index contributed by atoms with van der Waals surface area (Å²) in [6.45, 7) is 1.15. The molecule has 0 radical (unpaired) electrons. The number of carboxylic acids is 1. The third-order valence-corrected chi connectivity index (χ3v) is 3.17. The van der Waals surface area contributed by atoms with Gasteiger partial charge in [-0.15, -0.1) is 0 Å². The first-order chi connectivity index (χ1) is 11.2. The zero-order chi connectivity index (χ0) is 18.3. The molecular weight excluding hydrogens is 318 g/mol. The number of carbonyl (C=O) groups is 3. The molecule has 9 nitrogen and oxygen atoms in total. The fourth-order valence-corrected chi connectivity index (χ4v) is 1.75. The minimum atomic E-state index is -1.32. The lowest BCUT2D eigenvalue weighted by Crippen LogP contribution is -2.45. The van der Waals surface area contributed by atoms with Crippen molar-refractivity contribution in [1.29, 1.82) is 0 Å². The first-order valence-electron chi connectivity index (χ1n) is 7.18. The summed E-state index contributed by atoms with van der Waals surface area (Å²) in [6, 6.07) is 4.06. The van der Waals surface area contributed by atoms with E-state index in [9.17, 15) is 14.4 Å². The van der Waals surface area contributed by atoms with Gasteiger partial charge in [0.25, 0.3) is 0 Å². The molecule has 3 atom stereocenters. The SMILES string of the molecule is C[C@@H](OC(=O)[C@@H](N)Cc1ccc(OC(=O)CN)cc1)[C@H](N)C(=O)O. The van der Waals surface area contributed by atoms with E-state index in [-0.39, 0.29) is 13.0 Å². The van der Waals surface area contributed by atoms with E-state index in [0.717, 1.165) is 0 Å². The molecule has 1 rings (SSSR count). The number of esters is 2. The molecule has 1 aromatic rings. The van der Waals surface area contributed by atoms with Crippen molar-refractivity contribution in [2.75, 3.05) is 6.54 Å². The lowest BCUT2D eigenvalue weighted by molar-refractivity contribution is -0.154. The lowest BCUT2D eigenvalue weighted by Gasteiger charge is -2.19. The van der Waals surface area contributed by atoms with E-state index in [2.05, 4.69) is 0 Å². The Bertz CT molecular complexity index is 589. The van der Waals surface area contributed by atoms with Crippen molar-refractivity contribution in [2.45, 2.75) is 31.5 Å². The lowest BCUT2D eigenvalue weighted by atomic mass is 10.1. The Hall–Kier alpha value is -2.49. The summed E-state index contributed by atoms with van der Waals surface area (Å²) in [7, 11) is 0. The molecule has 0 unspecified atom stereocenters. The van der Waals surface area contributed by atoms with Crippen molar-refractivity contribution < 1.29 is 29.0 Å². The van der Waals surface area contributed by atoms with Crippen LogP contribution in [0, 0.1) is 0 Å². The number of carboxylic acid groups (broad SMARTS) is 1. The molecular formula is C15H21N3O6. The molecule has 0 spiro atoms. The summed E-state index contributed by atoms with van der Waals surface area (Å²) in [5.74, 6) is -2.26. The monoisotopic (exact) mass is 339 g/mol. The largest absolute Gasteiger partial charge is 0.480 e. The highest BCUT2D eigenvalue weighted by Gasteiger charge is 2.26. The molecule has 0 aromatic heterocycles. The van der Waals surface area contributed by atoms with Crippen LogP contribution >= 0.6 is 0 Å². The van der Waals surface area contributed by atoms with Gasteiger partial charge in [0.2, 0.25) is 0 Å². The van der Waals surface area contributed by atoms with Crippen LogP contribution in [0.25, 0.3) is 0 Å². The van der Waals surface area contributed by atoms with Gasteiger partial charge >= 0.3 is 17.9 Å². The van der Waals surface area contributed by atoms with Gasteiger partial charge in [0, 0.05) is 0 Å². The van der Waals surface area contributed by atoms with Gasteiger partial charge in [-0.3, -0.25) is 14.4 Å². The molecule has 0 fully saturated rings. The predicted octanol–water partition coefficient (Wildman–Crippen LogP) is -1.24. The number of ether oxygens (including phenoxy) is 2. The summed E-state index contributed by atoms with van der Waals surface area (Å²) in [5.41, 5.74) is 17.0. The normalized spacial score (nSPS) is 14.3. The molecule has 0 saturated carbocycles. The summed E-state index contributed by atoms with van der Waals surface area (Å²) in [6.07, 6.45) is -0.835. The van der Waals surface area contributed by atoms with Crippen LogP contribution in [0.1, 0.15) is 12.5 Å². The summed E-state index contributed by atoms with van der Waals surface area (Å²) in [5, 5.41) is 8.75. The number of carbonyl (C=O) groups excluding carboxylic acids is 2. The fraction of sp³-hybridized carbons (Fsp3) is 0.400. The minimum absolute atomic E-state index is 0.166. The third-order valence-electron chi connectivity index (χ3n) is 3.17. The van der Waals surface area contributed by atoms with Crippen LogP contribution in [-0.4, -0.2) is 47.7 Å². The van der Waals surface area contributed by atoms with Gasteiger partial charge in [0.15, 0.2) is 0 Å². The maximum Gasteiger partial charge on any atom is 0.325 e. The maximum atomic E-state index is 11.9. The molecule has 0 aliphatic carbocycles. The van der Waals surface area contributed by atoms with Crippen molar-refractivity contribution in [3.8, 4) is 5.75 Å². The molecule has 0 aliphatic heterocycles. The standard InChI is InChI=1S/C15H21N3O6/c1-8(13(18)14(20)21)23-15(22)11(17)6-9-2-4-10(5-3-9)24-12(19)7-16/h2-5,8,11,13H,6-7,16-18H2,1H3,(H,20,21)/t8-,11+,13+/m1/s1. The van der Waals surface area contributed by atoms with Crippen LogP contribution in [0.2, 0.25) is 0 Å². The average Bonchev–Trinajstić information content (AvgIpc) is 2.55. The van der Waals surface area contributed by atoms with Crippen LogP contribution in [0.5, 0.6) is 5.75 Å². The van der Waals surface area contributed by atoms with Gasteiger partial charge < -0.3 is 31.8 Å². The molecule has 1 aromatic carbocycles. The van der Waals surface area contributed by atoms with Crippen molar-refractivity contribution in [3.05, 3.63) is 29.8 Å². The molecule has 132 valence electrons. The zero-order valence-corrected chi connectivity index (χ0v) is 13.2. The quantitative estimate of drug-likeness (QED) is 0.334. The Balaban J connectivity index is 2.57. The Labute approximate surface area is 138 Å². The van der Waals surface area contributed by atoms with Crippen molar-refractivity contribution >= 4 is 17.9 Å². The second-order valence-corrected chi connectivity index (χ2v) is 5.14. The first-order valence-corrected chi connectivity index (χ1v) is 7.18. The summed E-state index contributed by atoms with van der Waals surface area (Å²) in [4.78, 5) is 33.6. The molecule has 0 heterocycles. The Morgan fingerprint density at radius 2 is 1.75 bits per heavy atom. The predicted molar refractivity (Wildman–Crippen MR) is 84.0 cm³/mol. The van der Waals surface area contributed by atoms with E-state index in [4.69, 9.17) is 31.8 Å². The third kappa shape index (κ3) is 5.95. The Morgan fingerprint density at radius 3 is 2.25 bits per heavy atom. The number of hydrogen-bond acceptors (Lipinski definition) is 8. The van der Waals surface area contributed by atoms with Gasteiger partial charge in [0.05, 0.1) is 6.54 Å². The topological polar surface area (TPSA) is 168 Å². The smallest absolute Gasteiger partial charge is 0.325 e. The van der Waals surface area contributed by atoms with Crippen LogP contribution in [-0.2, 0) is 25.5 Å². The average molecular weight is 339 g/mol. The van der Waals surface area contributed by atoms with Gasteiger partial charge in [-0.05, 0) is 31.0 Å². The van der Waals surface area contributed by atoms with E-state index in [1.54, 1.807) is 24.3 Å². The summed E-state index contributed by atoms with van der Waals surface area (Å²) < 4.78 is 9.86. The van der Waals surface area contributed by atoms with Crippen LogP contribution in [0.3, 0.4) is 0 Å². The highest BCUT2D eigenvalue weighted by molar-refractivity contribution is 5.78. The first kappa shape index (κ1) is 19.6. The number of nitrogens with two attached hydrogens (primary N) is 3. The minimum Gasteiger partial charge on any atom is -0.480 e. The molecule has 0 saturated heterocycles. The molecule has 0 amide bonds. The van der Waals surface area contributed by atoms with Gasteiger partial charge in [0.1, 0.15) is 23.9 Å². The fourth-order valence-electron chi connectivity index (χ4n) is 1.75. The molecule has 0 bridgehead atoms. The van der Waals surface area contributed by atoms with Crippen molar-refractivity contribution in [1.82, 2.24) is 0 Å². The molecule has 7 N–H and O–H groups in total. The number of aliphatic carboxylic acids is 1. The van der Waals surface area contributed by atoms with E-state index >= 15 is 0 Å². The molecule has 24 heavy (non-hydrogen) atoms. The number of benzene rings is 1. The van der Waals surface area contributed by atoms with E-state index in [0.29, 0.717) is 11.3 Å². The Kier molecular flexibility index (Phi) is 7.31.